The van der Waals surface area contributed by atoms with Crippen LogP contribution in [0.15, 0.2) is 35.6 Å². The maximum atomic E-state index is 12.3. The van der Waals surface area contributed by atoms with Gasteiger partial charge in [-0.2, -0.15) is 0 Å². The van der Waals surface area contributed by atoms with Crippen molar-refractivity contribution >= 4 is 50.8 Å². The van der Waals surface area contributed by atoms with E-state index in [2.05, 4.69) is 22.2 Å². The number of nitrogens with one attached hydrogen (secondary N) is 1. The van der Waals surface area contributed by atoms with Crippen LogP contribution in [0.2, 0.25) is 5.02 Å². The van der Waals surface area contributed by atoms with Gasteiger partial charge < -0.3 is 10.1 Å². The molecule has 1 unspecified atom stereocenters. The van der Waals surface area contributed by atoms with Gasteiger partial charge in [0.15, 0.2) is 0 Å². The molecule has 1 aliphatic heterocycles. The van der Waals surface area contributed by atoms with Crippen molar-refractivity contribution in [1.29, 1.82) is 0 Å². The third kappa shape index (κ3) is 4.33. The number of hydrogen-bond donors (Lipinski definition) is 1. The molecule has 5 nitrogen and oxygen atoms in total. The van der Waals surface area contributed by atoms with Gasteiger partial charge in [-0.15, -0.1) is 11.3 Å². The van der Waals surface area contributed by atoms with Gasteiger partial charge in [-0.1, -0.05) is 35.5 Å². The molecule has 1 amide bonds. The molecular weight excluding hydrogens is 414 g/mol. The molecular formula is C20H20ClN3O2S2. The molecule has 1 saturated heterocycles. The minimum Gasteiger partial charge on any atom is -0.376 e. The van der Waals surface area contributed by atoms with Crippen LogP contribution in [0.4, 0.5) is 0 Å². The number of nitrogens with zero attached hydrogens (tertiary/aromatic N) is 2. The number of halogens is 1. The van der Waals surface area contributed by atoms with E-state index >= 15 is 0 Å². The van der Waals surface area contributed by atoms with E-state index in [9.17, 15) is 4.79 Å². The number of thioether (sulfide) groups is 1. The van der Waals surface area contributed by atoms with Crippen LogP contribution in [0.25, 0.3) is 21.3 Å². The van der Waals surface area contributed by atoms with E-state index < -0.39 is 0 Å². The third-order valence-electron chi connectivity index (χ3n) is 4.65. The Morgan fingerprint density at radius 2 is 2.18 bits per heavy atom. The smallest absolute Gasteiger partial charge is 0.230 e. The van der Waals surface area contributed by atoms with Gasteiger partial charge in [-0.3, -0.25) is 4.79 Å². The Labute approximate surface area is 176 Å². The highest BCUT2D eigenvalue weighted by Gasteiger charge is 2.19. The fraction of sp³-hybridized carbons (Fsp3) is 0.350. The molecule has 3 heterocycles. The Hall–Kier alpha value is -1.67. The molecule has 0 aliphatic carbocycles. The zero-order valence-corrected chi connectivity index (χ0v) is 17.8. The van der Waals surface area contributed by atoms with Crippen molar-refractivity contribution in [2.75, 3.05) is 18.9 Å². The average Bonchev–Trinajstić information content (AvgIpc) is 3.32. The van der Waals surface area contributed by atoms with Crippen LogP contribution in [0.5, 0.6) is 0 Å². The Morgan fingerprint density at radius 1 is 1.36 bits per heavy atom. The number of amides is 1. The molecule has 0 radical (unpaired) electrons. The van der Waals surface area contributed by atoms with Crippen molar-refractivity contribution in [3.63, 3.8) is 0 Å². The van der Waals surface area contributed by atoms with Crippen molar-refractivity contribution in [3.8, 4) is 11.1 Å². The highest BCUT2D eigenvalue weighted by Crippen LogP contribution is 2.41. The number of thiophene rings is 1. The first-order chi connectivity index (χ1) is 13.6. The summed E-state index contributed by atoms with van der Waals surface area (Å²) in [6.45, 7) is 3.45. The lowest BCUT2D eigenvalue weighted by Crippen LogP contribution is -2.32. The average molecular weight is 434 g/mol. The summed E-state index contributed by atoms with van der Waals surface area (Å²) in [6, 6.07) is 7.78. The van der Waals surface area contributed by atoms with E-state index in [0.717, 1.165) is 45.8 Å². The van der Waals surface area contributed by atoms with Crippen LogP contribution in [0, 0.1) is 6.92 Å². The van der Waals surface area contributed by atoms with Crippen molar-refractivity contribution < 1.29 is 9.53 Å². The van der Waals surface area contributed by atoms with Crippen LogP contribution in [0.1, 0.15) is 17.7 Å². The van der Waals surface area contributed by atoms with Crippen LogP contribution in [0.3, 0.4) is 0 Å². The Kier molecular flexibility index (Phi) is 6.16. The molecule has 0 spiro atoms. The number of ether oxygens (including phenoxy) is 1. The number of rotatable bonds is 6. The Balaban J connectivity index is 1.53. The molecule has 1 aromatic carbocycles. The molecule has 0 saturated carbocycles. The van der Waals surface area contributed by atoms with Gasteiger partial charge in [0.05, 0.1) is 17.2 Å². The zero-order chi connectivity index (χ0) is 19.5. The quantitative estimate of drug-likeness (QED) is 0.450. The van der Waals surface area contributed by atoms with Crippen molar-refractivity contribution in [2.24, 2.45) is 0 Å². The van der Waals surface area contributed by atoms with E-state index in [1.165, 1.54) is 16.6 Å². The summed E-state index contributed by atoms with van der Waals surface area (Å²) < 4.78 is 5.55. The summed E-state index contributed by atoms with van der Waals surface area (Å²) in [6.07, 6.45) is 3.80. The maximum absolute atomic E-state index is 12.3. The van der Waals surface area contributed by atoms with E-state index in [1.807, 2.05) is 24.3 Å². The predicted octanol–water partition coefficient (Wildman–Crippen LogP) is 4.71. The molecule has 1 aliphatic rings. The minimum absolute atomic E-state index is 0.00717. The number of fused-ring (bicyclic) bond motifs is 1. The summed E-state index contributed by atoms with van der Waals surface area (Å²) in [4.78, 5) is 23.3. The second kappa shape index (κ2) is 8.78. The van der Waals surface area contributed by atoms with E-state index in [1.54, 1.807) is 17.7 Å². The molecule has 3 aromatic rings. The zero-order valence-electron chi connectivity index (χ0n) is 15.4. The van der Waals surface area contributed by atoms with Crippen molar-refractivity contribution in [2.45, 2.75) is 30.9 Å². The number of hydrogen-bond acceptors (Lipinski definition) is 6. The highest BCUT2D eigenvalue weighted by molar-refractivity contribution is 8.00. The molecule has 1 N–H and O–H groups in total. The second-order valence-electron chi connectivity index (χ2n) is 6.63. The van der Waals surface area contributed by atoms with Gasteiger partial charge in [-0.05, 0) is 37.5 Å². The molecule has 2 aromatic heterocycles. The topological polar surface area (TPSA) is 64.1 Å². The third-order valence-corrected chi connectivity index (χ3v) is 6.91. The molecule has 4 rings (SSSR count). The summed E-state index contributed by atoms with van der Waals surface area (Å²) in [5, 5.41) is 5.49. The SMILES string of the molecule is Cc1sc2ncnc(SCC(=O)NCC3CCCO3)c2c1-c1ccc(Cl)cc1. The molecule has 8 heteroatoms. The normalized spacial score (nSPS) is 16.6. The molecule has 1 atom stereocenters. The monoisotopic (exact) mass is 433 g/mol. The molecule has 1 fully saturated rings. The van der Waals surface area contributed by atoms with Crippen LogP contribution in [-0.2, 0) is 9.53 Å². The first kappa shape index (κ1) is 19.6. The molecule has 28 heavy (non-hydrogen) atoms. The lowest BCUT2D eigenvalue weighted by Gasteiger charge is -2.11. The van der Waals surface area contributed by atoms with E-state index in [4.69, 9.17) is 16.3 Å². The van der Waals surface area contributed by atoms with Crippen LogP contribution >= 0.6 is 34.7 Å². The maximum Gasteiger partial charge on any atom is 0.230 e. The highest BCUT2D eigenvalue weighted by atomic mass is 35.5. The number of carbonyl (C=O) groups excluding carboxylic acids is 1. The first-order valence-electron chi connectivity index (χ1n) is 9.13. The predicted molar refractivity (Wildman–Crippen MR) is 115 cm³/mol. The van der Waals surface area contributed by atoms with Gasteiger partial charge in [-0.25, -0.2) is 9.97 Å². The lowest BCUT2D eigenvalue weighted by molar-refractivity contribution is -0.119. The first-order valence-corrected chi connectivity index (χ1v) is 11.3. The Bertz CT molecular complexity index is 985. The van der Waals surface area contributed by atoms with E-state index in [0.29, 0.717) is 17.3 Å². The van der Waals surface area contributed by atoms with Crippen molar-refractivity contribution in [3.05, 3.63) is 40.5 Å². The fourth-order valence-corrected chi connectivity index (χ4v) is 5.35. The number of carbonyl (C=O) groups is 1. The minimum atomic E-state index is -0.00717. The number of benzene rings is 1. The number of aryl methyl sites for hydroxylation is 1. The van der Waals surface area contributed by atoms with Crippen molar-refractivity contribution in [1.82, 2.24) is 15.3 Å². The Morgan fingerprint density at radius 3 is 2.93 bits per heavy atom. The van der Waals surface area contributed by atoms with Gasteiger partial charge in [0.25, 0.3) is 0 Å². The van der Waals surface area contributed by atoms with Crippen LogP contribution < -0.4 is 5.32 Å². The summed E-state index contributed by atoms with van der Waals surface area (Å²) >= 11 is 9.13. The van der Waals surface area contributed by atoms with Gasteiger partial charge in [0.1, 0.15) is 16.2 Å². The molecule has 146 valence electrons. The number of aromatic nitrogens is 2. The van der Waals surface area contributed by atoms with Gasteiger partial charge in [0, 0.05) is 28.6 Å². The summed E-state index contributed by atoms with van der Waals surface area (Å²) in [5.41, 5.74) is 2.19. The largest absolute Gasteiger partial charge is 0.376 e. The second-order valence-corrected chi connectivity index (χ2v) is 9.23. The summed E-state index contributed by atoms with van der Waals surface area (Å²) in [7, 11) is 0. The standard InChI is InChI=1S/C20H20ClN3O2S2/c1-12-17(13-4-6-14(21)7-5-13)18-19(23-11-24-20(18)28-12)27-10-16(25)22-9-15-3-2-8-26-15/h4-7,11,15H,2-3,8-10H2,1H3,(H,22,25). The summed E-state index contributed by atoms with van der Waals surface area (Å²) in [5.74, 6) is 0.306. The van der Waals surface area contributed by atoms with Crippen LogP contribution in [-0.4, -0.2) is 40.9 Å². The van der Waals surface area contributed by atoms with Gasteiger partial charge >= 0.3 is 0 Å². The van der Waals surface area contributed by atoms with E-state index in [-0.39, 0.29) is 12.0 Å². The van der Waals surface area contributed by atoms with Gasteiger partial charge in [0.2, 0.25) is 5.91 Å². The molecule has 0 bridgehead atoms. The lowest BCUT2D eigenvalue weighted by atomic mass is 10.0. The fourth-order valence-electron chi connectivity index (χ4n) is 3.31.